The van der Waals surface area contributed by atoms with Crippen LogP contribution in [0.15, 0.2) is 83.8 Å². The fourth-order valence-corrected chi connectivity index (χ4v) is 6.45. The van der Waals surface area contributed by atoms with Crippen molar-refractivity contribution >= 4 is 15.7 Å². The van der Waals surface area contributed by atoms with Crippen molar-refractivity contribution < 1.29 is 8.42 Å². The fourth-order valence-electron chi connectivity index (χ4n) is 4.91. The van der Waals surface area contributed by atoms with Crippen molar-refractivity contribution in [2.75, 3.05) is 17.4 Å². The van der Waals surface area contributed by atoms with Crippen molar-refractivity contribution in [3.05, 3.63) is 95.6 Å². The summed E-state index contributed by atoms with van der Waals surface area (Å²) in [5, 5.41) is 0. The Hall–Kier alpha value is -2.63. The zero-order valence-electron chi connectivity index (χ0n) is 17.1. The maximum Gasteiger partial charge on any atom is 0.264 e. The first-order valence-corrected chi connectivity index (χ1v) is 11.9. The van der Waals surface area contributed by atoms with Gasteiger partial charge in [0.1, 0.15) is 0 Å². The van der Waals surface area contributed by atoms with Gasteiger partial charge in [0.2, 0.25) is 0 Å². The molecule has 0 unspecified atom stereocenters. The van der Waals surface area contributed by atoms with Crippen LogP contribution in [0.4, 0.5) is 5.69 Å². The van der Waals surface area contributed by atoms with Crippen LogP contribution in [0.3, 0.4) is 0 Å². The number of hydrogen-bond donors (Lipinski definition) is 0. The van der Waals surface area contributed by atoms with Gasteiger partial charge in [-0.25, -0.2) is 8.42 Å². The largest absolute Gasteiger partial charge is 0.292 e. The SMILES string of the molecule is Cc1ccc(S(=O)(=O)N2C[C@H]3CCN(Cc4ccccc4)[C@H]3c3ccccc32)cc1. The normalized spacial score (nSPS) is 21.3. The second-order valence-corrected chi connectivity index (χ2v) is 10.2. The first kappa shape index (κ1) is 19.3. The van der Waals surface area contributed by atoms with E-state index in [2.05, 4.69) is 35.2 Å². The van der Waals surface area contributed by atoms with Gasteiger partial charge in [-0.1, -0.05) is 66.2 Å². The van der Waals surface area contributed by atoms with E-state index in [0.29, 0.717) is 17.4 Å². The predicted molar refractivity (Wildman–Crippen MR) is 120 cm³/mol. The lowest BCUT2D eigenvalue weighted by Crippen LogP contribution is -2.42. The number of sulfonamides is 1. The summed E-state index contributed by atoms with van der Waals surface area (Å²) < 4.78 is 28.7. The van der Waals surface area contributed by atoms with Gasteiger partial charge in [0.25, 0.3) is 10.0 Å². The average molecular weight is 419 g/mol. The number of fused-ring (bicyclic) bond motifs is 3. The summed E-state index contributed by atoms with van der Waals surface area (Å²) >= 11 is 0. The molecule has 0 N–H and O–H groups in total. The van der Waals surface area contributed by atoms with Crippen molar-refractivity contribution in [2.45, 2.75) is 30.8 Å². The van der Waals surface area contributed by atoms with E-state index in [4.69, 9.17) is 0 Å². The zero-order valence-corrected chi connectivity index (χ0v) is 17.9. The number of nitrogens with zero attached hydrogens (tertiary/aromatic N) is 2. The van der Waals surface area contributed by atoms with Gasteiger partial charge in [-0.2, -0.15) is 0 Å². The van der Waals surface area contributed by atoms with Crippen LogP contribution in [0.2, 0.25) is 0 Å². The monoisotopic (exact) mass is 418 g/mol. The summed E-state index contributed by atoms with van der Waals surface area (Å²) in [5.74, 6) is 0.295. The number of rotatable bonds is 4. The lowest BCUT2D eigenvalue weighted by atomic mass is 9.89. The molecule has 4 nitrogen and oxygen atoms in total. The Labute approximate surface area is 178 Å². The minimum atomic E-state index is -3.59. The summed E-state index contributed by atoms with van der Waals surface area (Å²) in [5.41, 5.74) is 4.29. The first-order chi connectivity index (χ1) is 14.5. The number of hydrogen-bond acceptors (Lipinski definition) is 3. The fraction of sp³-hybridized carbons (Fsp3) is 0.280. The van der Waals surface area contributed by atoms with Crippen molar-refractivity contribution in [3.63, 3.8) is 0 Å². The summed E-state index contributed by atoms with van der Waals surface area (Å²) in [6, 6.07) is 26.0. The van der Waals surface area contributed by atoms with Crippen LogP contribution in [0.1, 0.15) is 29.2 Å². The van der Waals surface area contributed by atoms with E-state index in [1.54, 1.807) is 16.4 Å². The number of para-hydroxylation sites is 1. The smallest absolute Gasteiger partial charge is 0.264 e. The van der Waals surface area contributed by atoms with Crippen LogP contribution in [0.25, 0.3) is 0 Å². The van der Waals surface area contributed by atoms with E-state index >= 15 is 0 Å². The molecule has 0 aliphatic carbocycles. The lowest BCUT2D eigenvalue weighted by Gasteiger charge is -2.40. The number of likely N-dealkylation sites (tertiary alicyclic amines) is 1. The molecule has 3 aromatic rings. The molecule has 30 heavy (non-hydrogen) atoms. The molecule has 2 heterocycles. The molecule has 0 aromatic heterocycles. The van der Waals surface area contributed by atoms with Crippen LogP contribution < -0.4 is 4.31 Å². The van der Waals surface area contributed by atoms with Gasteiger partial charge in [-0.3, -0.25) is 9.21 Å². The Morgan fingerprint density at radius 2 is 1.60 bits per heavy atom. The van der Waals surface area contributed by atoms with Crippen LogP contribution in [0, 0.1) is 12.8 Å². The molecule has 5 heteroatoms. The van der Waals surface area contributed by atoms with Crippen molar-refractivity contribution in [1.82, 2.24) is 4.90 Å². The van der Waals surface area contributed by atoms with Crippen LogP contribution >= 0.6 is 0 Å². The van der Waals surface area contributed by atoms with Crippen molar-refractivity contribution in [1.29, 1.82) is 0 Å². The summed E-state index contributed by atoms with van der Waals surface area (Å²) in [6.45, 7) is 4.37. The molecular formula is C25H26N2O2S. The van der Waals surface area contributed by atoms with Gasteiger partial charge in [-0.05, 0) is 55.1 Å². The van der Waals surface area contributed by atoms with E-state index in [1.165, 1.54) is 5.56 Å². The van der Waals surface area contributed by atoms with Crippen LogP contribution in [0.5, 0.6) is 0 Å². The molecule has 154 valence electrons. The molecule has 1 fully saturated rings. The minimum absolute atomic E-state index is 0.255. The van der Waals surface area contributed by atoms with Gasteiger partial charge >= 0.3 is 0 Å². The maximum atomic E-state index is 13.5. The molecule has 2 aliphatic heterocycles. The Morgan fingerprint density at radius 1 is 0.900 bits per heavy atom. The molecule has 1 saturated heterocycles. The minimum Gasteiger partial charge on any atom is -0.292 e. The highest BCUT2D eigenvalue weighted by Crippen LogP contribution is 2.47. The van der Waals surface area contributed by atoms with E-state index in [1.807, 2.05) is 43.3 Å². The molecule has 0 spiro atoms. The topological polar surface area (TPSA) is 40.6 Å². The maximum absolute atomic E-state index is 13.5. The second kappa shape index (κ2) is 7.56. The third-order valence-electron chi connectivity index (χ3n) is 6.39. The molecule has 3 aromatic carbocycles. The Morgan fingerprint density at radius 3 is 2.37 bits per heavy atom. The highest BCUT2D eigenvalue weighted by molar-refractivity contribution is 7.92. The summed E-state index contributed by atoms with van der Waals surface area (Å²) in [7, 11) is -3.59. The third-order valence-corrected chi connectivity index (χ3v) is 8.18. The van der Waals surface area contributed by atoms with Crippen LogP contribution in [-0.2, 0) is 16.6 Å². The Balaban J connectivity index is 1.52. The standard InChI is InChI=1S/C25H26N2O2S/c1-19-11-13-22(14-12-19)30(28,29)27-18-21-15-16-26(17-20-7-3-2-4-8-20)25(21)23-9-5-6-10-24(23)27/h2-14,21,25H,15-18H2,1H3/t21-,25-/m1/s1. The quantitative estimate of drug-likeness (QED) is 0.613. The zero-order chi connectivity index (χ0) is 20.7. The van der Waals surface area contributed by atoms with Gasteiger partial charge < -0.3 is 0 Å². The molecule has 5 rings (SSSR count). The summed E-state index contributed by atoms with van der Waals surface area (Å²) in [6.07, 6.45) is 1.01. The predicted octanol–water partition coefficient (Wildman–Crippen LogP) is 4.77. The molecule has 2 aliphatic rings. The Bertz CT molecular complexity index is 1140. The van der Waals surface area contributed by atoms with Crippen molar-refractivity contribution in [2.24, 2.45) is 5.92 Å². The summed E-state index contributed by atoms with van der Waals surface area (Å²) in [4.78, 5) is 2.87. The van der Waals surface area contributed by atoms with Gasteiger partial charge in [0.05, 0.1) is 10.6 Å². The molecule has 0 radical (unpaired) electrons. The molecule has 2 atom stereocenters. The van der Waals surface area contributed by atoms with E-state index in [9.17, 15) is 8.42 Å². The second-order valence-electron chi connectivity index (χ2n) is 8.36. The van der Waals surface area contributed by atoms with E-state index < -0.39 is 10.0 Å². The van der Waals surface area contributed by atoms with E-state index in [-0.39, 0.29) is 6.04 Å². The molecular weight excluding hydrogens is 392 g/mol. The molecule has 0 bridgehead atoms. The average Bonchev–Trinajstić information content (AvgIpc) is 3.17. The number of aryl methyl sites for hydroxylation is 1. The molecule has 0 saturated carbocycles. The number of anilines is 1. The van der Waals surface area contributed by atoms with Gasteiger partial charge in [0, 0.05) is 19.1 Å². The van der Waals surface area contributed by atoms with Gasteiger partial charge in [0.15, 0.2) is 0 Å². The van der Waals surface area contributed by atoms with Crippen LogP contribution in [-0.4, -0.2) is 26.4 Å². The highest BCUT2D eigenvalue weighted by atomic mass is 32.2. The number of benzene rings is 3. The first-order valence-electron chi connectivity index (χ1n) is 10.5. The third kappa shape index (κ3) is 3.32. The lowest BCUT2D eigenvalue weighted by molar-refractivity contribution is 0.218. The van der Waals surface area contributed by atoms with Crippen molar-refractivity contribution in [3.8, 4) is 0 Å². The highest BCUT2D eigenvalue weighted by Gasteiger charge is 2.44. The molecule has 0 amide bonds. The Kier molecular flexibility index (Phi) is 4.88. The van der Waals surface area contributed by atoms with Gasteiger partial charge in [-0.15, -0.1) is 0 Å². The van der Waals surface area contributed by atoms with E-state index in [0.717, 1.165) is 36.3 Å².